The number of methoxy groups -OCH3 is 1. The summed E-state index contributed by atoms with van der Waals surface area (Å²) < 4.78 is 12.2. The van der Waals surface area contributed by atoms with Gasteiger partial charge in [0, 0.05) is 28.9 Å². The Morgan fingerprint density at radius 1 is 1.00 bits per heavy atom. The first-order valence-electron chi connectivity index (χ1n) is 9.88. The summed E-state index contributed by atoms with van der Waals surface area (Å²) in [6.45, 7) is 0.967. The number of amides is 1. The van der Waals surface area contributed by atoms with E-state index in [4.69, 9.17) is 14.6 Å². The highest BCUT2D eigenvalue weighted by Crippen LogP contribution is 2.34. The quantitative estimate of drug-likeness (QED) is 0.420. The first kappa shape index (κ1) is 22.8. The summed E-state index contributed by atoms with van der Waals surface area (Å²) in [6, 6.07) is 22.6. The fraction of sp³-hybridized carbons (Fsp3) is 0.208. The van der Waals surface area contributed by atoms with Gasteiger partial charge in [-0.1, -0.05) is 52.3 Å². The molecule has 31 heavy (non-hydrogen) atoms. The van der Waals surface area contributed by atoms with E-state index in [1.165, 1.54) is 0 Å². The van der Waals surface area contributed by atoms with E-state index in [9.17, 15) is 4.79 Å². The Balaban J connectivity index is 1.78. The molecule has 0 spiro atoms. The molecule has 7 heteroatoms. The van der Waals surface area contributed by atoms with Crippen molar-refractivity contribution in [2.45, 2.75) is 6.54 Å². The fourth-order valence-corrected chi connectivity index (χ4v) is 3.54. The van der Waals surface area contributed by atoms with E-state index in [1.54, 1.807) is 18.1 Å². The number of benzene rings is 3. The first-order valence-corrected chi connectivity index (χ1v) is 10.7. The molecular formula is C24H25BrN2O4. The van der Waals surface area contributed by atoms with E-state index in [0.717, 1.165) is 21.4 Å². The third kappa shape index (κ3) is 6.07. The van der Waals surface area contributed by atoms with Crippen LogP contribution in [0, 0.1) is 0 Å². The predicted octanol–water partition coefficient (Wildman–Crippen LogP) is 4.28. The summed E-state index contributed by atoms with van der Waals surface area (Å²) in [5.41, 5.74) is 2.49. The third-order valence-electron chi connectivity index (χ3n) is 4.57. The van der Waals surface area contributed by atoms with Gasteiger partial charge in [0.1, 0.15) is 0 Å². The number of carbonyl (C=O) groups is 1. The SMILES string of the molecule is COc1cc(CNCCO)c(Br)cc1OCC(=O)N(c1ccccc1)c1ccccc1. The van der Waals surface area contributed by atoms with Crippen molar-refractivity contribution in [2.24, 2.45) is 0 Å². The lowest BCUT2D eigenvalue weighted by Crippen LogP contribution is -2.31. The van der Waals surface area contributed by atoms with E-state index in [-0.39, 0.29) is 19.1 Å². The Morgan fingerprint density at radius 3 is 2.16 bits per heavy atom. The van der Waals surface area contributed by atoms with Crippen molar-refractivity contribution in [3.63, 3.8) is 0 Å². The standard InChI is InChI=1S/C24H25BrN2O4/c1-30-22-14-18(16-26-12-13-28)21(25)15-23(22)31-17-24(29)27(19-8-4-2-5-9-19)20-10-6-3-7-11-20/h2-11,14-15,26,28H,12-13,16-17H2,1H3. The van der Waals surface area contributed by atoms with Gasteiger partial charge >= 0.3 is 0 Å². The summed E-state index contributed by atoms with van der Waals surface area (Å²) in [4.78, 5) is 14.8. The monoisotopic (exact) mass is 484 g/mol. The fourth-order valence-electron chi connectivity index (χ4n) is 3.08. The van der Waals surface area contributed by atoms with Gasteiger partial charge in [0.05, 0.1) is 13.7 Å². The molecule has 2 N–H and O–H groups in total. The molecule has 1 amide bonds. The number of nitrogens with zero attached hydrogens (tertiary/aromatic N) is 1. The molecule has 0 fully saturated rings. The summed E-state index contributed by atoms with van der Waals surface area (Å²) in [7, 11) is 1.56. The van der Waals surface area contributed by atoms with Crippen LogP contribution in [0.25, 0.3) is 0 Å². The lowest BCUT2D eigenvalue weighted by Gasteiger charge is -2.23. The van der Waals surface area contributed by atoms with Crippen LogP contribution in [0.2, 0.25) is 0 Å². The van der Waals surface area contributed by atoms with Crippen LogP contribution in [-0.4, -0.2) is 37.9 Å². The van der Waals surface area contributed by atoms with Crippen LogP contribution in [0.15, 0.2) is 77.3 Å². The molecule has 0 aromatic heterocycles. The van der Waals surface area contributed by atoms with E-state index >= 15 is 0 Å². The Bertz CT molecular complexity index is 944. The molecule has 0 saturated carbocycles. The molecule has 3 rings (SSSR count). The van der Waals surface area contributed by atoms with Gasteiger partial charge in [-0.25, -0.2) is 0 Å². The average molecular weight is 485 g/mol. The van der Waals surface area contributed by atoms with Crippen LogP contribution < -0.4 is 19.7 Å². The number of hydrogen-bond donors (Lipinski definition) is 2. The topological polar surface area (TPSA) is 71.0 Å². The molecule has 0 aliphatic carbocycles. The maximum Gasteiger partial charge on any atom is 0.269 e. The largest absolute Gasteiger partial charge is 0.493 e. The number of para-hydroxylation sites is 2. The maximum atomic E-state index is 13.2. The zero-order chi connectivity index (χ0) is 22.1. The van der Waals surface area contributed by atoms with Crippen LogP contribution in [0.1, 0.15) is 5.56 Å². The van der Waals surface area contributed by atoms with Crippen molar-refractivity contribution in [1.29, 1.82) is 0 Å². The van der Waals surface area contributed by atoms with E-state index < -0.39 is 0 Å². The van der Waals surface area contributed by atoms with Gasteiger partial charge in [-0.05, 0) is 42.0 Å². The highest BCUT2D eigenvalue weighted by atomic mass is 79.9. The number of aliphatic hydroxyl groups is 1. The normalized spacial score (nSPS) is 10.5. The Kier molecular flexibility index (Phi) is 8.46. The van der Waals surface area contributed by atoms with Crippen LogP contribution in [0.5, 0.6) is 11.5 Å². The Labute approximate surface area is 190 Å². The smallest absolute Gasteiger partial charge is 0.269 e. The minimum absolute atomic E-state index is 0.0669. The van der Waals surface area contributed by atoms with Gasteiger partial charge in [-0.3, -0.25) is 9.69 Å². The van der Waals surface area contributed by atoms with Gasteiger partial charge in [0.25, 0.3) is 5.91 Å². The van der Waals surface area contributed by atoms with Crippen molar-refractivity contribution in [2.75, 3.05) is 31.8 Å². The zero-order valence-corrected chi connectivity index (χ0v) is 18.8. The van der Waals surface area contributed by atoms with Gasteiger partial charge in [0.2, 0.25) is 0 Å². The number of anilines is 2. The first-order chi connectivity index (χ1) is 15.1. The molecule has 0 heterocycles. The summed E-state index contributed by atoms with van der Waals surface area (Å²) in [6.07, 6.45) is 0. The summed E-state index contributed by atoms with van der Waals surface area (Å²) in [5.74, 6) is 0.793. The second kappa shape index (κ2) is 11.5. The second-order valence-electron chi connectivity index (χ2n) is 6.68. The highest BCUT2D eigenvalue weighted by Gasteiger charge is 2.19. The minimum Gasteiger partial charge on any atom is -0.493 e. The number of ether oxygens (including phenoxy) is 2. The number of nitrogens with one attached hydrogen (secondary N) is 1. The number of aliphatic hydroxyl groups excluding tert-OH is 1. The molecule has 0 unspecified atom stereocenters. The van der Waals surface area contributed by atoms with Crippen molar-refractivity contribution < 1.29 is 19.4 Å². The van der Waals surface area contributed by atoms with Gasteiger partial charge in [-0.15, -0.1) is 0 Å². The molecule has 3 aromatic rings. The molecule has 162 valence electrons. The van der Waals surface area contributed by atoms with Crippen molar-refractivity contribution in [3.05, 3.63) is 82.8 Å². The van der Waals surface area contributed by atoms with Crippen LogP contribution >= 0.6 is 15.9 Å². The number of carbonyl (C=O) groups excluding carboxylic acids is 1. The van der Waals surface area contributed by atoms with Crippen molar-refractivity contribution >= 4 is 33.2 Å². The molecule has 0 aliphatic heterocycles. The lowest BCUT2D eigenvalue weighted by atomic mass is 10.2. The molecule has 0 atom stereocenters. The molecular weight excluding hydrogens is 460 g/mol. The van der Waals surface area contributed by atoms with E-state index in [2.05, 4.69) is 21.2 Å². The molecule has 0 aliphatic rings. The second-order valence-corrected chi connectivity index (χ2v) is 7.54. The van der Waals surface area contributed by atoms with Crippen molar-refractivity contribution in [1.82, 2.24) is 5.32 Å². The molecule has 0 radical (unpaired) electrons. The number of halogens is 1. The van der Waals surface area contributed by atoms with Gasteiger partial charge in [-0.2, -0.15) is 0 Å². The summed E-state index contributed by atoms with van der Waals surface area (Å²) in [5, 5.41) is 12.1. The van der Waals surface area contributed by atoms with Crippen LogP contribution in [-0.2, 0) is 11.3 Å². The third-order valence-corrected chi connectivity index (χ3v) is 5.30. The summed E-state index contributed by atoms with van der Waals surface area (Å²) >= 11 is 3.54. The Morgan fingerprint density at radius 2 is 1.61 bits per heavy atom. The average Bonchev–Trinajstić information content (AvgIpc) is 2.80. The molecule has 0 bridgehead atoms. The van der Waals surface area contributed by atoms with Crippen LogP contribution in [0.4, 0.5) is 11.4 Å². The van der Waals surface area contributed by atoms with E-state index in [1.807, 2.05) is 66.7 Å². The van der Waals surface area contributed by atoms with Crippen LogP contribution in [0.3, 0.4) is 0 Å². The zero-order valence-electron chi connectivity index (χ0n) is 17.3. The minimum atomic E-state index is -0.204. The predicted molar refractivity (Wildman–Crippen MR) is 125 cm³/mol. The molecule has 6 nitrogen and oxygen atoms in total. The van der Waals surface area contributed by atoms with Gasteiger partial charge < -0.3 is 19.9 Å². The van der Waals surface area contributed by atoms with E-state index in [0.29, 0.717) is 24.6 Å². The van der Waals surface area contributed by atoms with Gasteiger partial charge in [0.15, 0.2) is 18.1 Å². The molecule has 3 aromatic carbocycles. The lowest BCUT2D eigenvalue weighted by molar-refractivity contribution is -0.119. The van der Waals surface area contributed by atoms with Crippen molar-refractivity contribution in [3.8, 4) is 11.5 Å². The number of rotatable bonds is 10. The maximum absolute atomic E-state index is 13.2. The highest BCUT2D eigenvalue weighted by molar-refractivity contribution is 9.10. The number of hydrogen-bond acceptors (Lipinski definition) is 5. The molecule has 0 saturated heterocycles. The Hall–Kier alpha value is -2.87.